The first kappa shape index (κ1) is 16.1. The number of carboxylic acid groups (broad SMARTS) is 1. The van der Waals surface area contributed by atoms with Crippen LogP contribution in [0.15, 0.2) is 52.2 Å². The van der Waals surface area contributed by atoms with E-state index in [2.05, 4.69) is 15.5 Å². The molecule has 1 aromatic heterocycles. The Bertz CT molecular complexity index is 843. The molecule has 0 saturated heterocycles. The number of hydrogen-bond donors (Lipinski definition) is 2. The van der Waals surface area contributed by atoms with E-state index in [4.69, 9.17) is 25.9 Å². The highest BCUT2D eigenvalue weighted by Gasteiger charge is 2.36. The van der Waals surface area contributed by atoms with Crippen molar-refractivity contribution in [1.29, 1.82) is 0 Å². The Hall–Kier alpha value is -2.80. The molecule has 2 N–H and O–H groups in total. The molecule has 1 aliphatic rings. The summed E-state index contributed by atoms with van der Waals surface area (Å²) < 4.78 is 10.4. The second kappa shape index (κ2) is 6.37. The molecule has 2 aromatic rings. The Morgan fingerprint density at radius 2 is 2.08 bits per heavy atom. The molecule has 0 radical (unpaired) electrons. The van der Waals surface area contributed by atoms with Crippen molar-refractivity contribution in [3.8, 4) is 0 Å². The molecule has 2 heterocycles. The number of carbonyl (C=O) groups is 1. The van der Waals surface area contributed by atoms with E-state index in [0.717, 1.165) is 5.70 Å². The molecule has 124 valence electrons. The van der Waals surface area contributed by atoms with Crippen LogP contribution in [-0.2, 0) is 4.74 Å². The van der Waals surface area contributed by atoms with Crippen molar-refractivity contribution >= 4 is 23.3 Å². The van der Waals surface area contributed by atoms with Crippen LogP contribution < -0.4 is 5.32 Å². The van der Waals surface area contributed by atoms with E-state index in [1.165, 1.54) is 6.39 Å². The lowest BCUT2D eigenvalue weighted by molar-refractivity contribution is 0.114. The molecule has 1 unspecified atom stereocenters. The molecule has 0 aliphatic carbocycles. The van der Waals surface area contributed by atoms with Crippen molar-refractivity contribution in [2.45, 2.75) is 19.8 Å². The van der Waals surface area contributed by atoms with E-state index in [1.54, 1.807) is 25.1 Å². The summed E-state index contributed by atoms with van der Waals surface area (Å²) in [4.78, 5) is 11.2. The predicted molar refractivity (Wildman–Crippen MR) is 86.0 cm³/mol. The fourth-order valence-electron chi connectivity index (χ4n) is 2.78. The van der Waals surface area contributed by atoms with Crippen molar-refractivity contribution in [2.75, 3.05) is 0 Å². The number of ether oxygens (including phenoxy) is 1. The highest BCUT2D eigenvalue weighted by atomic mass is 35.5. The summed E-state index contributed by atoms with van der Waals surface area (Å²) in [5.74, 6) is -0.102. The molecule has 1 atom stereocenters. The topological polar surface area (TPSA) is 97.5 Å². The highest BCUT2D eigenvalue weighted by Crippen LogP contribution is 2.45. The monoisotopic (exact) mass is 347 g/mol. The Morgan fingerprint density at radius 3 is 2.71 bits per heavy atom. The highest BCUT2D eigenvalue weighted by molar-refractivity contribution is 6.31. The van der Waals surface area contributed by atoms with Crippen LogP contribution in [0, 0.1) is 0 Å². The van der Waals surface area contributed by atoms with Crippen LogP contribution >= 0.6 is 11.6 Å². The van der Waals surface area contributed by atoms with Gasteiger partial charge in [-0.2, -0.15) is 0 Å². The summed E-state index contributed by atoms with van der Waals surface area (Å²) >= 11 is 6.35. The molecule has 7 nitrogen and oxygen atoms in total. The van der Waals surface area contributed by atoms with E-state index in [-0.39, 0.29) is 11.6 Å². The third kappa shape index (κ3) is 2.85. The molecule has 3 rings (SSSR count). The molecular formula is C16H14ClN3O4. The second-order valence-corrected chi connectivity index (χ2v) is 5.63. The summed E-state index contributed by atoms with van der Waals surface area (Å²) in [7, 11) is 0. The third-order valence-corrected chi connectivity index (χ3v) is 4.05. The average molecular weight is 348 g/mol. The van der Waals surface area contributed by atoms with Gasteiger partial charge in [-0.05, 0) is 25.5 Å². The number of allylic oxidation sites excluding steroid dienone is 3. The van der Waals surface area contributed by atoms with Gasteiger partial charge in [-0.25, -0.2) is 4.79 Å². The van der Waals surface area contributed by atoms with Crippen LogP contribution in [0.25, 0.3) is 5.57 Å². The van der Waals surface area contributed by atoms with Gasteiger partial charge in [-0.3, -0.25) is 0 Å². The SMILES string of the molecule is CC1=C(OC(=O)O)C(c2ccccc2Cl)C(c2nnco2)=C(C)N1. The van der Waals surface area contributed by atoms with Gasteiger partial charge in [-0.1, -0.05) is 29.8 Å². The van der Waals surface area contributed by atoms with Crippen LogP contribution in [0.5, 0.6) is 0 Å². The predicted octanol–water partition coefficient (Wildman–Crippen LogP) is 3.77. The molecule has 0 amide bonds. The van der Waals surface area contributed by atoms with Gasteiger partial charge < -0.3 is 19.6 Å². The van der Waals surface area contributed by atoms with Gasteiger partial charge >= 0.3 is 6.16 Å². The average Bonchev–Trinajstić information content (AvgIpc) is 3.04. The summed E-state index contributed by atoms with van der Waals surface area (Å²) in [6.45, 7) is 3.57. The Kier molecular flexibility index (Phi) is 4.26. The maximum atomic E-state index is 11.2. The molecular weight excluding hydrogens is 334 g/mol. The summed E-state index contributed by atoms with van der Waals surface area (Å²) in [5.41, 5.74) is 2.62. The zero-order valence-electron chi connectivity index (χ0n) is 12.9. The van der Waals surface area contributed by atoms with E-state index < -0.39 is 12.1 Å². The van der Waals surface area contributed by atoms with Crippen LogP contribution in [0.2, 0.25) is 5.02 Å². The normalized spacial score (nSPS) is 17.7. The lowest BCUT2D eigenvalue weighted by Gasteiger charge is -2.30. The summed E-state index contributed by atoms with van der Waals surface area (Å²) in [6.07, 6.45) is -0.199. The van der Waals surface area contributed by atoms with E-state index in [1.807, 2.05) is 13.0 Å². The number of dihydropyridines is 1. The first-order valence-electron chi connectivity index (χ1n) is 7.09. The van der Waals surface area contributed by atoms with Gasteiger partial charge in [0.05, 0.1) is 17.2 Å². The van der Waals surface area contributed by atoms with E-state index in [0.29, 0.717) is 21.9 Å². The van der Waals surface area contributed by atoms with Gasteiger partial charge in [0.2, 0.25) is 12.3 Å². The minimum absolute atomic E-state index is 0.217. The van der Waals surface area contributed by atoms with Gasteiger partial charge in [0.25, 0.3) is 0 Å². The number of rotatable bonds is 3. The Balaban J connectivity index is 2.22. The van der Waals surface area contributed by atoms with Gasteiger partial charge in [0, 0.05) is 10.7 Å². The van der Waals surface area contributed by atoms with Crippen molar-refractivity contribution in [3.63, 3.8) is 0 Å². The molecule has 1 aromatic carbocycles. The molecule has 0 bridgehead atoms. The smallest absolute Gasteiger partial charge is 0.449 e. The van der Waals surface area contributed by atoms with Crippen molar-refractivity contribution < 1.29 is 19.1 Å². The zero-order valence-corrected chi connectivity index (χ0v) is 13.7. The molecule has 0 saturated carbocycles. The minimum Gasteiger partial charge on any atom is -0.449 e. The quantitative estimate of drug-likeness (QED) is 0.815. The number of halogens is 1. The largest absolute Gasteiger partial charge is 0.511 e. The molecule has 8 heteroatoms. The van der Waals surface area contributed by atoms with Crippen LogP contribution in [0.4, 0.5) is 4.79 Å². The third-order valence-electron chi connectivity index (χ3n) is 3.70. The van der Waals surface area contributed by atoms with Crippen molar-refractivity contribution in [1.82, 2.24) is 15.5 Å². The fourth-order valence-corrected chi connectivity index (χ4v) is 3.03. The van der Waals surface area contributed by atoms with Gasteiger partial charge in [-0.15, -0.1) is 10.2 Å². The molecule has 24 heavy (non-hydrogen) atoms. The second-order valence-electron chi connectivity index (χ2n) is 5.22. The molecule has 0 fully saturated rings. The number of hydrogen-bond acceptors (Lipinski definition) is 6. The molecule has 1 aliphatic heterocycles. The number of nitrogens with zero attached hydrogens (tertiary/aromatic N) is 2. The molecule has 0 spiro atoms. The van der Waals surface area contributed by atoms with E-state index >= 15 is 0 Å². The number of benzene rings is 1. The fraction of sp³-hybridized carbons (Fsp3) is 0.188. The standard InChI is InChI=1S/C16H14ClN3O4/c1-8-12(15-20-18-7-23-15)13(10-5-3-4-6-11(10)17)14(9(2)19-8)24-16(21)22/h3-7,13,19H,1-2H3,(H,21,22). The van der Waals surface area contributed by atoms with Crippen LogP contribution in [0.3, 0.4) is 0 Å². The Labute approximate surface area is 142 Å². The van der Waals surface area contributed by atoms with Gasteiger partial charge in [0.15, 0.2) is 0 Å². The van der Waals surface area contributed by atoms with E-state index in [9.17, 15) is 4.79 Å². The minimum atomic E-state index is -1.41. The van der Waals surface area contributed by atoms with Crippen LogP contribution in [-0.4, -0.2) is 21.5 Å². The first-order valence-corrected chi connectivity index (χ1v) is 7.47. The van der Waals surface area contributed by atoms with Crippen molar-refractivity contribution in [2.24, 2.45) is 0 Å². The van der Waals surface area contributed by atoms with Gasteiger partial charge in [0.1, 0.15) is 5.76 Å². The Morgan fingerprint density at radius 1 is 1.33 bits per heavy atom. The lowest BCUT2D eigenvalue weighted by Crippen LogP contribution is -2.26. The van der Waals surface area contributed by atoms with Crippen LogP contribution in [0.1, 0.15) is 31.2 Å². The lowest BCUT2D eigenvalue weighted by atomic mass is 9.85. The maximum absolute atomic E-state index is 11.2. The zero-order chi connectivity index (χ0) is 17.3. The van der Waals surface area contributed by atoms with Crippen molar-refractivity contribution in [3.05, 3.63) is 64.3 Å². The first-order chi connectivity index (χ1) is 11.5. The summed E-state index contributed by atoms with van der Waals surface area (Å²) in [5, 5.41) is 20.3. The number of nitrogens with one attached hydrogen (secondary N) is 1. The number of aromatic nitrogens is 2. The maximum Gasteiger partial charge on any atom is 0.511 e. The summed E-state index contributed by atoms with van der Waals surface area (Å²) in [6, 6.07) is 7.15.